The van der Waals surface area contributed by atoms with E-state index in [0.717, 1.165) is 23.9 Å². The van der Waals surface area contributed by atoms with Crippen LogP contribution in [0, 0.1) is 16.5 Å². The Balaban J connectivity index is 2.21. The van der Waals surface area contributed by atoms with Gasteiger partial charge in [0.2, 0.25) is 0 Å². The van der Waals surface area contributed by atoms with Crippen LogP contribution in [0.3, 0.4) is 0 Å². The SMILES string of the molecule is CCC1CC1n1c(=S)[nH]c2cc(Cl)c(F)cc21. The molecule has 3 rings (SSSR count). The van der Waals surface area contributed by atoms with E-state index in [1.165, 1.54) is 6.07 Å². The molecule has 1 fully saturated rings. The quantitative estimate of drug-likeness (QED) is 0.799. The lowest BCUT2D eigenvalue weighted by molar-refractivity contribution is 0.624. The molecule has 5 heteroatoms. The molecule has 0 saturated heterocycles. The van der Waals surface area contributed by atoms with Crippen molar-refractivity contribution in [1.82, 2.24) is 9.55 Å². The van der Waals surface area contributed by atoms with Gasteiger partial charge in [-0.05, 0) is 30.6 Å². The van der Waals surface area contributed by atoms with Crippen molar-refractivity contribution in [3.63, 3.8) is 0 Å². The van der Waals surface area contributed by atoms with Gasteiger partial charge in [-0.3, -0.25) is 0 Å². The highest BCUT2D eigenvalue weighted by Gasteiger charge is 2.38. The molecule has 1 aromatic heterocycles. The number of benzene rings is 1. The molecule has 17 heavy (non-hydrogen) atoms. The maximum atomic E-state index is 13.5. The number of hydrogen-bond acceptors (Lipinski definition) is 1. The molecule has 0 spiro atoms. The van der Waals surface area contributed by atoms with E-state index < -0.39 is 5.82 Å². The van der Waals surface area contributed by atoms with Gasteiger partial charge in [0.05, 0.1) is 16.1 Å². The summed E-state index contributed by atoms with van der Waals surface area (Å²) in [6, 6.07) is 3.48. The molecule has 1 aliphatic carbocycles. The van der Waals surface area contributed by atoms with Gasteiger partial charge in [0.25, 0.3) is 0 Å². The first kappa shape index (κ1) is 11.2. The lowest BCUT2D eigenvalue weighted by Gasteiger charge is -2.03. The van der Waals surface area contributed by atoms with Gasteiger partial charge in [-0.2, -0.15) is 0 Å². The number of aromatic nitrogens is 2. The zero-order valence-electron chi connectivity index (χ0n) is 9.34. The van der Waals surface area contributed by atoms with Crippen molar-refractivity contribution < 1.29 is 4.39 Å². The number of fused-ring (bicyclic) bond motifs is 1. The van der Waals surface area contributed by atoms with Crippen LogP contribution in [0.15, 0.2) is 12.1 Å². The largest absolute Gasteiger partial charge is 0.331 e. The monoisotopic (exact) mass is 270 g/mol. The van der Waals surface area contributed by atoms with E-state index in [4.69, 9.17) is 23.8 Å². The van der Waals surface area contributed by atoms with Crippen LogP contribution in [0.4, 0.5) is 4.39 Å². The highest BCUT2D eigenvalue weighted by molar-refractivity contribution is 7.71. The van der Waals surface area contributed by atoms with Crippen LogP contribution in [-0.2, 0) is 0 Å². The third kappa shape index (κ3) is 1.70. The summed E-state index contributed by atoms with van der Waals surface area (Å²) >= 11 is 11.1. The first-order valence-corrected chi connectivity index (χ1v) is 6.49. The van der Waals surface area contributed by atoms with Gasteiger partial charge in [0.15, 0.2) is 4.77 Å². The van der Waals surface area contributed by atoms with Crippen LogP contribution in [0.1, 0.15) is 25.8 Å². The molecule has 2 atom stereocenters. The third-order valence-electron chi connectivity index (χ3n) is 3.50. The molecule has 0 aliphatic heterocycles. The summed E-state index contributed by atoms with van der Waals surface area (Å²) in [4.78, 5) is 3.09. The van der Waals surface area contributed by atoms with Crippen molar-refractivity contribution in [2.45, 2.75) is 25.8 Å². The standard InChI is InChI=1S/C12H12ClFN2S/c1-2-6-3-10(6)16-11-5-8(14)7(13)4-9(11)15-12(16)17/h4-6,10H,2-3H2,1H3,(H,15,17). The number of nitrogens with one attached hydrogen (secondary N) is 1. The molecule has 2 nitrogen and oxygen atoms in total. The molecular weight excluding hydrogens is 259 g/mol. The maximum Gasteiger partial charge on any atom is 0.178 e. The van der Waals surface area contributed by atoms with Crippen LogP contribution in [0.2, 0.25) is 5.02 Å². The third-order valence-corrected chi connectivity index (χ3v) is 4.09. The van der Waals surface area contributed by atoms with Crippen LogP contribution < -0.4 is 0 Å². The van der Waals surface area contributed by atoms with E-state index in [0.29, 0.717) is 16.7 Å². The zero-order chi connectivity index (χ0) is 12.2. The minimum absolute atomic E-state index is 0.128. The predicted molar refractivity (Wildman–Crippen MR) is 69.5 cm³/mol. The van der Waals surface area contributed by atoms with Gasteiger partial charge in [-0.15, -0.1) is 0 Å². The number of imidazole rings is 1. The average molecular weight is 271 g/mol. The van der Waals surface area contributed by atoms with Gasteiger partial charge in [-0.1, -0.05) is 24.9 Å². The summed E-state index contributed by atoms with van der Waals surface area (Å²) in [6.45, 7) is 2.17. The molecule has 1 aromatic carbocycles. The van der Waals surface area contributed by atoms with Gasteiger partial charge < -0.3 is 9.55 Å². The first-order chi connectivity index (χ1) is 8.11. The van der Waals surface area contributed by atoms with E-state index in [1.807, 2.05) is 4.57 Å². The van der Waals surface area contributed by atoms with E-state index in [-0.39, 0.29) is 5.02 Å². The molecule has 0 amide bonds. The molecule has 1 N–H and O–H groups in total. The second-order valence-corrected chi connectivity index (χ2v) is 5.35. The van der Waals surface area contributed by atoms with Crippen LogP contribution in [0.25, 0.3) is 11.0 Å². The Morgan fingerprint density at radius 2 is 2.35 bits per heavy atom. The van der Waals surface area contributed by atoms with Gasteiger partial charge >= 0.3 is 0 Å². The lowest BCUT2D eigenvalue weighted by Crippen LogP contribution is -1.96. The molecule has 1 heterocycles. The fourth-order valence-corrected chi connectivity index (χ4v) is 2.94. The van der Waals surface area contributed by atoms with Crippen molar-refractivity contribution in [2.75, 3.05) is 0 Å². The van der Waals surface area contributed by atoms with Crippen LogP contribution >= 0.6 is 23.8 Å². The highest BCUT2D eigenvalue weighted by atomic mass is 35.5. The highest BCUT2D eigenvalue weighted by Crippen LogP contribution is 2.47. The number of aromatic amines is 1. The first-order valence-electron chi connectivity index (χ1n) is 5.71. The Hall–Kier alpha value is -0.870. The Morgan fingerprint density at radius 1 is 1.59 bits per heavy atom. The average Bonchev–Trinajstić information content (AvgIpc) is 2.98. The molecule has 1 aliphatic rings. The number of rotatable bonds is 2. The smallest absolute Gasteiger partial charge is 0.178 e. The van der Waals surface area contributed by atoms with Gasteiger partial charge in [0.1, 0.15) is 5.82 Å². The second kappa shape index (κ2) is 3.82. The number of hydrogen-bond donors (Lipinski definition) is 1. The van der Waals surface area contributed by atoms with E-state index >= 15 is 0 Å². The summed E-state index contributed by atoms with van der Waals surface area (Å²) < 4.78 is 16.2. The van der Waals surface area contributed by atoms with E-state index in [1.54, 1.807) is 6.07 Å². The second-order valence-electron chi connectivity index (χ2n) is 4.55. The van der Waals surface area contributed by atoms with Gasteiger partial charge in [0, 0.05) is 12.1 Å². The predicted octanol–water partition coefficient (Wildman–Crippen LogP) is 4.46. The zero-order valence-corrected chi connectivity index (χ0v) is 10.9. The molecule has 0 bridgehead atoms. The van der Waals surface area contributed by atoms with Crippen molar-refractivity contribution in [3.8, 4) is 0 Å². The summed E-state index contributed by atoms with van der Waals surface area (Å²) in [7, 11) is 0. The number of nitrogens with zero attached hydrogens (tertiary/aromatic N) is 1. The maximum absolute atomic E-state index is 13.5. The number of H-pyrrole nitrogens is 1. The molecule has 90 valence electrons. The minimum Gasteiger partial charge on any atom is -0.331 e. The topological polar surface area (TPSA) is 20.7 Å². The van der Waals surface area contributed by atoms with Crippen molar-refractivity contribution in [1.29, 1.82) is 0 Å². The molecule has 2 aromatic rings. The van der Waals surface area contributed by atoms with Crippen molar-refractivity contribution in [2.24, 2.45) is 5.92 Å². The van der Waals surface area contributed by atoms with Crippen molar-refractivity contribution in [3.05, 3.63) is 27.7 Å². The summed E-state index contributed by atoms with van der Waals surface area (Å²) in [5.74, 6) is 0.273. The molecule has 0 radical (unpaired) electrons. The Morgan fingerprint density at radius 3 is 3.00 bits per heavy atom. The van der Waals surface area contributed by atoms with E-state index in [2.05, 4.69) is 11.9 Å². The minimum atomic E-state index is -0.393. The molecule has 1 saturated carbocycles. The van der Waals surface area contributed by atoms with E-state index in [9.17, 15) is 4.39 Å². The summed E-state index contributed by atoms with van der Waals surface area (Å²) in [6.07, 6.45) is 2.26. The Bertz CT molecular complexity index is 646. The van der Waals surface area contributed by atoms with Crippen LogP contribution in [0.5, 0.6) is 0 Å². The van der Waals surface area contributed by atoms with Crippen molar-refractivity contribution >= 4 is 34.9 Å². The molecular formula is C12H12ClFN2S. The summed E-state index contributed by atoms with van der Waals surface area (Å²) in [5, 5.41) is 0.128. The number of halogens is 2. The lowest BCUT2D eigenvalue weighted by atomic mass is 10.3. The summed E-state index contributed by atoms with van der Waals surface area (Å²) in [5.41, 5.74) is 1.63. The van der Waals surface area contributed by atoms with Gasteiger partial charge in [-0.25, -0.2) is 4.39 Å². The fraction of sp³-hybridized carbons (Fsp3) is 0.417. The van der Waals surface area contributed by atoms with Crippen LogP contribution in [-0.4, -0.2) is 9.55 Å². The Labute approximate surface area is 108 Å². The normalized spacial score (nSPS) is 23.2. The fourth-order valence-electron chi connectivity index (χ4n) is 2.44. The molecule has 2 unspecified atom stereocenters. The Kier molecular flexibility index (Phi) is 2.52.